The van der Waals surface area contributed by atoms with Crippen molar-refractivity contribution in [2.45, 2.75) is 38.6 Å². The molecule has 1 aliphatic rings. The minimum absolute atomic E-state index is 0.0400. The lowest BCUT2D eigenvalue weighted by Gasteiger charge is -2.23. The molecule has 2 heterocycles. The lowest BCUT2D eigenvalue weighted by atomic mass is 10.1. The molecule has 17 heavy (non-hydrogen) atoms. The smallest absolute Gasteiger partial charge is 0.271 e. The summed E-state index contributed by atoms with van der Waals surface area (Å²) in [5.74, 6) is 0.396. The fourth-order valence-corrected chi connectivity index (χ4v) is 2.62. The van der Waals surface area contributed by atoms with E-state index in [-0.39, 0.29) is 11.9 Å². The molecule has 1 amide bonds. The quantitative estimate of drug-likeness (QED) is 0.863. The Balaban J connectivity index is 1.94. The zero-order chi connectivity index (χ0) is 12.3. The van der Waals surface area contributed by atoms with Gasteiger partial charge in [-0.1, -0.05) is 13.8 Å². The molecule has 1 atom stereocenters. The molecule has 94 valence electrons. The maximum atomic E-state index is 12.0. The van der Waals surface area contributed by atoms with E-state index in [4.69, 9.17) is 0 Å². The third-order valence-electron chi connectivity index (χ3n) is 2.96. The van der Waals surface area contributed by atoms with E-state index in [1.807, 2.05) is 6.07 Å². The number of aromatic nitrogens is 1. The molecule has 0 bridgehead atoms. The van der Waals surface area contributed by atoms with Gasteiger partial charge in [-0.3, -0.25) is 4.79 Å². The van der Waals surface area contributed by atoms with Gasteiger partial charge in [0, 0.05) is 17.5 Å². The van der Waals surface area contributed by atoms with Crippen molar-refractivity contribution in [1.29, 1.82) is 0 Å². The first-order valence-electron chi connectivity index (χ1n) is 6.15. The van der Waals surface area contributed by atoms with E-state index >= 15 is 0 Å². The fourth-order valence-electron chi connectivity index (χ4n) is 1.90. The predicted molar refractivity (Wildman–Crippen MR) is 69.6 cm³/mol. The number of hydrogen-bond acceptors (Lipinski definition) is 4. The van der Waals surface area contributed by atoms with Crippen molar-refractivity contribution in [1.82, 2.24) is 15.0 Å². The van der Waals surface area contributed by atoms with Crippen LogP contribution in [0.5, 0.6) is 0 Å². The Hall–Kier alpha value is -0.940. The molecule has 1 fully saturated rings. The number of carbonyl (C=O) groups is 1. The van der Waals surface area contributed by atoms with E-state index in [0.717, 1.165) is 30.8 Å². The van der Waals surface area contributed by atoms with Crippen molar-refractivity contribution in [2.24, 2.45) is 0 Å². The van der Waals surface area contributed by atoms with Crippen LogP contribution in [0.1, 0.15) is 48.0 Å². The van der Waals surface area contributed by atoms with Crippen molar-refractivity contribution in [3.63, 3.8) is 0 Å². The van der Waals surface area contributed by atoms with Gasteiger partial charge >= 0.3 is 0 Å². The summed E-state index contributed by atoms with van der Waals surface area (Å²) >= 11 is 1.42. The first kappa shape index (κ1) is 12.5. The number of nitrogens with zero attached hydrogens (tertiary/aromatic N) is 1. The number of rotatable bonds is 3. The van der Waals surface area contributed by atoms with Crippen molar-refractivity contribution >= 4 is 17.4 Å². The Labute approximate surface area is 106 Å². The normalized spacial score (nSPS) is 20.5. The average molecular weight is 253 g/mol. The van der Waals surface area contributed by atoms with Gasteiger partial charge < -0.3 is 10.6 Å². The molecule has 2 rings (SSSR count). The van der Waals surface area contributed by atoms with Gasteiger partial charge in [-0.15, -0.1) is 0 Å². The van der Waals surface area contributed by atoms with Gasteiger partial charge in [-0.05, 0) is 42.9 Å². The molecule has 1 aliphatic heterocycles. The second-order valence-electron chi connectivity index (χ2n) is 4.79. The SMILES string of the molecule is CC(C)c1cc(C(=O)NC2CCCNC2)ns1. The summed E-state index contributed by atoms with van der Waals surface area (Å²) < 4.78 is 4.21. The van der Waals surface area contributed by atoms with E-state index in [2.05, 4.69) is 28.9 Å². The van der Waals surface area contributed by atoms with E-state index < -0.39 is 0 Å². The summed E-state index contributed by atoms with van der Waals surface area (Å²) in [6.45, 7) is 6.15. The third-order valence-corrected chi connectivity index (χ3v) is 4.05. The molecule has 1 unspecified atom stereocenters. The summed E-state index contributed by atoms with van der Waals surface area (Å²) in [6, 6.07) is 2.15. The van der Waals surface area contributed by atoms with Gasteiger partial charge in [0.1, 0.15) is 5.69 Å². The highest BCUT2D eigenvalue weighted by Gasteiger charge is 2.18. The molecular weight excluding hydrogens is 234 g/mol. The van der Waals surface area contributed by atoms with Crippen LogP contribution in [0.3, 0.4) is 0 Å². The van der Waals surface area contributed by atoms with E-state index in [9.17, 15) is 4.79 Å². The third kappa shape index (κ3) is 3.26. The minimum Gasteiger partial charge on any atom is -0.347 e. The maximum absolute atomic E-state index is 12.0. The highest BCUT2D eigenvalue weighted by Crippen LogP contribution is 2.20. The molecule has 5 heteroatoms. The predicted octanol–water partition coefficient (Wildman–Crippen LogP) is 1.75. The molecule has 0 aromatic carbocycles. The van der Waals surface area contributed by atoms with Crippen LogP contribution in [-0.4, -0.2) is 29.4 Å². The van der Waals surface area contributed by atoms with Gasteiger partial charge in [0.05, 0.1) is 0 Å². The number of amides is 1. The van der Waals surface area contributed by atoms with Crippen LogP contribution < -0.4 is 10.6 Å². The van der Waals surface area contributed by atoms with Crippen molar-refractivity contribution in [3.05, 3.63) is 16.6 Å². The highest BCUT2D eigenvalue weighted by molar-refractivity contribution is 7.06. The van der Waals surface area contributed by atoms with Crippen LogP contribution in [0.25, 0.3) is 0 Å². The molecular formula is C12H19N3OS. The zero-order valence-electron chi connectivity index (χ0n) is 10.3. The Bertz CT molecular complexity index is 383. The van der Waals surface area contributed by atoms with Gasteiger partial charge in [-0.25, -0.2) is 0 Å². The topological polar surface area (TPSA) is 54.0 Å². The molecule has 1 saturated heterocycles. The summed E-state index contributed by atoms with van der Waals surface area (Å²) in [4.78, 5) is 13.1. The van der Waals surface area contributed by atoms with Crippen LogP contribution in [0.2, 0.25) is 0 Å². The molecule has 0 radical (unpaired) electrons. The monoisotopic (exact) mass is 253 g/mol. The van der Waals surface area contributed by atoms with E-state index in [0.29, 0.717) is 11.6 Å². The van der Waals surface area contributed by atoms with Crippen LogP contribution in [-0.2, 0) is 0 Å². The van der Waals surface area contributed by atoms with E-state index in [1.54, 1.807) is 0 Å². The highest BCUT2D eigenvalue weighted by atomic mass is 32.1. The molecule has 2 N–H and O–H groups in total. The van der Waals surface area contributed by atoms with Gasteiger partial charge in [-0.2, -0.15) is 4.37 Å². The second kappa shape index (κ2) is 5.60. The van der Waals surface area contributed by atoms with Crippen LogP contribution in [0.4, 0.5) is 0 Å². The standard InChI is InChI=1S/C12H19N3OS/c1-8(2)11-6-10(15-17-11)12(16)14-9-4-3-5-13-7-9/h6,8-9,13H,3-5,7H2,1-2H3,(H,14,16). The number of hydrogen-bond donors (Lipinski definition) is 2. The Morgan fingerprint density at radius 1 is 1.65 bits per heavy atom. The maximum Gasteiger partial charge on any atom is 0.271 e. The summed E-state index contributed by atoms with van der Waals surface area (Å²) in [5.41, 5.74) is 0.560. The fraction of sp³-hybridized carbons (Fsp3) is 0.667. The first-order chi connectivity index (χ1) is 8.16. The molecule has 4 nitrogen and oxygen atoms in total. The molecule has 0 spiro atoms. The van der Waals surface area contributed by atoms with Crippen LogP contribution in [0.15, 0.2) is 6.07 Å². The van der Waals surface area contributed by atoms with Gasteiger partial charge in [0.2, 0.25) is 0 Å². The first-order valence-corrected chi connectivity index (χ1v) is 6.92. The minimum atomic E-state index is -0.0400. The molecule has 0 aliphatic carbocycles. The molecule has 1 aromatic rings. The van der Waals surface area contributed by atoms with Crippen LogP contribution >= 0.6 is 11.5 Å². The summed E-state index contributed by atoms with van der Waals surface area (Å²) in [7, 11) is 0. The molecule has 1 aromatic heterocycles. The summed E-state index contributed by atoms with van der Waals surface area (Å²) in [5, 5.41) is 6.31. The van der Waals surface area contributed by atoms with Crippen molar-refractivity contribution in [3.8, 4) is 0 Å². The van der Waals surface area contributed by atoms with Crippen molar-refractivity contribution in [2.75, 3.05) is 13.1 Å². The van der Waals surface area contributed by atoms with E-state index in [1.165, 1.54) is 11.5 Å². The molecule has 0 saturated carbocycles. The lowest BCUT2D eigenvalue weighted by molar-refractivity contribution is 0.0926. The second-order valence-corrected chi connectivity index (χ2v) is 5.62. The lowest BCUT2D eigenvalue weighted by Crippen LogP contribution is -2.45. The zero-order valence-corrected chi connectivity index (χ0v) is 11.1. The largest absolute Gasteiger partial charge is 0.347 e. The summed E-state index contributed by atoms with van der Waals surface area (Å²) in [6.07, 6.45) is 2.18. The van der Waals surface area contributed by atoms with Gasteiger partial charge in [0.15, 0.2) is 0 Å². The number of piperidine rings is 1. The van der Waals surface area contributed by atoms with Gasteiger partial charge in [0.25, 0.3) is 5.91 Å². The average Bonchev–Trinajstić information content (AvgIpc) is 2.79. The van der Waals surface area contributed by atoms with Crippen molar-refractivity contribution < 1.29 is 4.79 Å². The number of nitrogens with one attached hydrogen (secondary N) is 2. The number of carbonyl (C=O) groups excluding carboxylic acids is 1. The Morgan fingerprint density at radius 2 is 2.47 bits per heavy atom. The van der Waals surface area contributed by atoms with Crippen LogP contribution in [0, 0.1) is 0 Å². The Morgan fingerprint density at radius 3 is 3.06 bits per heavy atom. The Kier molecular flexibility index (Phi) is 4.12.